The van der Waals surface area contributed by atoms with Crippen LogP contribution < -0.4 is 10.2 Å². The summed E-state index contributed by atoms with van der Waals surface area (Å²) in [5.74, 6) is -1.40. The lowest BCUT2D eigenvalue weighted by Gasteiger charge is -2.26. The van der Waals surface area contributed by atoms with Gasteiger partial charge in [0, 0.05) is 30.7 Å². The van der Waals surface area contributed by atoms with Gasteiger partial charge in [0.15, 0.2) is 17.3 Å². The molecule has 1 aliphatic heterocycles. The summed E-state index contributed by atoms with van der Waals surface area (Å²) in [7, 11) is 0. The minimum absolute atomic E-state index is 0.317. The SMILES string of the molecule is O=C(Nc1cnn2ccc(N3CCCC3c3cccc(F)c3F)nc12)c1cccnc1. The molecule has 0 bridgehead atoms. The Labute approximate surface area is 176 Å². The quantitative estimate of drug-likeness (QED) is 0.540. The topological polar surface area (TPSA) is 75.4 Å². The minimum Gasteiger partial charge on any atom is -0.349 e. The number of fused-ring (bicyclic) bond motifs is 1. The summed E-state index contributed by atoms with van der Waals surface area (Å²) in [6.07, 6.45) is 7.84. The third kappa shape index (κ3) is 3.48. The Bertz CT molecular complexity index is 1260. The van der Waals surface area contributed by atoms with Gasteiger partial charge in [0.05, 0.1) is 17.8 Å². The van der Waals surface area contributed by atoms with E-state index in [0.717, 1.165) is 12.5 Å². The summed E-state index contributed by atoms with van der Waals surface area (Å²) in [4.78, 5) is 23.1. The van der Waals surface area contributed by atoms with Crippen LogP contribution in [0.25, 0.3) is 5.65 Å². The predicted molar refractivity (Wildman–Crippen MR) is 111 cm³/mol. The fourth-order valence-corrected chi connectivity index (χ4v) is 3.94. The molecule has 1 aliphatic rings. The molecule has 5 rings (SSSR count). The van der Waals surface area contributed by atoms with Crippen LogP contribution in [0.3, 0.4) is 0 Å². The minimum atomic E-state index is -0.857. The highest BCUT2D eigenvalue weighted by molar-refractivity contribution is 6.05. The summed E-state index contributed by atoms with van der Waals surface area (Å²) >= 11 is 0. The van der Waals surface area contributed by atoms with Gasteiger partial charge in [-0.3, -0.25) is 9.78 Å². The predicted octanol–water partition coefficient (Wildman–Crippen LogP) is 4.00. The second-order valence-corrected chi connectivity index (χ2v) is 7.30. The average molecular weight is 420 g/mol. The van der Waals surface area contributed by atoms with Gasteiger partial charge in [-0.15, -0.1) is 0 Å². The normalized spacial score (nSPS) is 16.1. The van der Waals surface area contributed by atoms with Crippen LogP contribution in [0.4, 0.5) is 20.3 Å². The van der Waals surface area contributed by atoms with Crippen LogP contribution >= 0.6 is 0 Å². The molecule has 4 aromatic rings. The van der Waals surface area contributed by atoms with E-state index in [4.69, 9.17) is 0 Å². The van der Waals surface area contributed by atoms with Crippen molar-refractivity contribution in [1.82, 2.24) is 19.6 Å². The standard InChI is InChI=1S/C22H18F2N6O/c23-16-6-1-5-15(20(16)24)18-7-3-10-29(18)19-8-11-30-21(28-19)17(13-26-30)27-22(31)14-4-2-9-25-12-14/h1-2,4-6,8-9,11-13,18H,3,7,10H2,(H,27,31). The number of benzene rings is 1. The highest BCUT2D eigenvalue weighted by Gasteiger charge is 2.30. The Morgan fingerprint density at radius 2 is 2.03 bits per heavy atom. The molecule has 3 aromatic heterocycles. The molecule has 1 aromatic carbocycles. The van der Waals surface area contributed by atoms with Gasteiger partial charge in [-0.1, -0.05) is 12.1 Å². The number of rotatable bonds is 4. The van der Waals surface area contributed by atoms with Crippen LogP contribution in [-0.2, 0) is 0 Å². The van der Waals surface area contributed by atoms with Crippen molar-refractivity contribution in [3.63, 3.8) is 0 Å². The molecule has 0 spiro atoms. The van der Waals surface area contributed by atoms with Crippen LogP contribution in [-0.4, -0.2) is 32.0 Å². The second-order valence-electron chi connectivity index (χ2n) is 7.30. The summed E-state index contributed by atoms with van der Waals surface area (Å²) in [5, 5.41) is 7.04. The molecule has 1 fully saturated rings. The number of amides is 1. The van der Waals surface area contributed by atoms with Crippen molar-refractivity contribution in [1.29, 1.82) is 0 Å². The van der Waals surface area contributed by atoms with Crippen LogP contribution in [0.1, 0.15) is 34.8 Å². The number of pyridine rings is 1. The van der Waals surface area contributed by atoms with Gasteiger partial charge < -0.3 is 10.2 Å². The zero-order valence-corrected chi connectivity index (χ0v) is 16.4. The van der Waals surface area contributed by atoms with E-state index in [-0.39, 0.29) is 11.9 Å². The van der Waals surface area contributed by atoms with Gasteiger partial charge >= 0.3 is 0 Å². The van der Waals surface area contributed by atoms with Gasteiger partial charge in [0.25, 0.3) is 5.91 Å². The number of nitrogens with zero attached hydrogens (tertiary/aromatic N) is 5. The fraction of sp³-hybridized carbons (Fsp3) is 0.182. The van der Waals surface area contributed by atoms with Crippen LogP contribution in [0.5, 0.6) is 0 Å². The maximum absolute atomic E-state index is 14.4. The van der Waals surface area contributed by atoms with Gasteiger partial charge in [0.1, 0.15) is 11.5 Å². The van der Waals surface area contributed by atoms with Crippen LogP contribution in [0, 0.1) is 11.6 Å². The molecular formula is C22H18F2N6O. The van der Waals surface area contributed by atoms with Crippen LogP contribution in [0.15, 0.2) is 61.2 Å². The molecule has 0 radical (unpaired) electrons. The Kier molecular flexibility index (Phi) is 4.78. The van der Waals surface area contributed by atoms with Gasteiger partial charge in [0.2, 0.25) is 0 Å². The third-order valence-corrected chi connectivity index (χ3v) is 5.41. The number of aromatic nitrogens is 4. The summed E-state index contributed by atoms with van der Waals surface area (Å²) in [5.41, 5.74) is 1.64. The summed E-state index contributed by atoms with van der Waals surface area (Å²) in [6.45, 7) is 0.662. The third-order valence-electron chi connectivity index (χ3n) is 5.41. The van der Waals surface area contributed by atoms with Crippen molar-refractivity contribution in [2.45, 2.75) is 18.9 Å². The summed E-state index contributed by atoms with van der Waals surface area (Å²) in [6, 6.07) is 9.05. The molecule has 9 heteroatoms. The Morgan fingerprint density at radius 1 is 1.13 bits per heavy atom. The molecule has 4 heterocycles. The number of carbonyl (C=O) groups is 1. The lowest BCUT2D eigenvalue weighted by Crippen LogP contribution is -2.24. The van der Waals surface area contributed by atoms with Crippen molar-refractivity contribution < 1.29 is 13.6 Å². The molecule has 31 heavy (non-hydrogen) atoms. The monoisotopic (exact) mass is 420 g/mol. The number of halogens is 2. The van der Waals surface area contributed by atoms with E-state index in [1.165, 1.54) is 18.5 Å². The summed E-state index contributed by atoms with van der Waals surface area (Å²) < 4.78 is 29.8. The number of carbonyl (C=O) groups excluding carboxylic acids is 1. The number of hydrogen-bond acceptors (Lipinski definition) is 5. The van der Waals surface area contributed by atoms with E-state index >= 15 is 0 Å². The fourth-order valence-electron chi connectivity index (χ4n) is 3.94. The molecule has 1 N–H and O–H groups in total. The van der Waals surface area contributed by atoms with E-state index in [9.17, 15) is 13.6 Å². The molecule has 0 aliphatic carbocycles. The zero-order chi connectivity index (χ0) is 21.4. The van der Waals surface area contributed by atoms with Gasteiger partial charge in [-0.2, -0.15) is 5.10 Å². The molecule has 1 unspecified atom stereocenters. The second kappa shape index (κ2) is 7.75. The maximum atomic E-state index is 14.4. The number of hydrogen-bond donors (Lipinski definition) is 1. The molecular weight excluding hydrogens is 402 g/mol. The first-order valence-electron chi connectivity index (χ1n) is 9.88. The van der Waals surface area contributed by atoms with E-state index in [0.29, 0.717) is 41.2 Å². The van der Waals surface area contributed by atoms with Crippen molar-refractivity contribution in [2.75, 3.05) is 16.8 Å². The largest absolute Gasteiger partial charge is 0.349 e. The van der Waals surface area contributed by atoms with Crippen molar-refractivity contribution in [3.05, 3.63) is 83.9 Å². The van der Waals surface area contributed by atoms with Gasteiger partial charge in [-0.05, 0) is 37.1 Å². The van der Waals surface area contributed by atoms with E-state index in [1.807, 2.05) is 4.90 Å². The average Bonchev–Trinajstić information content (AvgIpc) is 3.43. The number of nitrogens with one attached hydrogen (secondary N) is 1. The molecule has 1 amide bonds. The highest BCUT2D eigenvalue weighted by atomic mass is 19.2. The zero-order valence-electron chi connectivity index (χ0n) is 16.4. The smallest absolute Gasteiger partial charge is 0.257 e. The first kappa shape index (κ1) is 19.1. The highest BCUT2D eigenvalue weighted by Crippen LogP contribution is 2.37. The molecule has 0 saturated carbocycles. The number of anilines is 2. The van der Waals surface area contributed by atoms with Crippen molar-refractivity contribution in [2.24, 2.45) is 0 Å². The molecule has 7 nitrogen and oxygen atoms in total. The van der Waals surface area contributed by atoms with Crippen molar-refractivity contribution >= 4 is 23.1 Å². The van der Waals surface area contributed by atoms with Crippen molar-refractivity contribution in [3.8, 4) is 0 Å². The molecule has 1 saturated heterocycles. The van der Waals surface area contributed by atoms with E-state index < -0.39 is 11.6 Å². The van der Waals surface area contributed by atoms with E-state index in [1.54, 1.807) is 41.2 Å². The maximum Gasteiger partial charge on any atom is 0.257 e. The molecule has 156 valence electrons. The van der Waals surface area contributed by atoms with Crippen LogP contribution in [0.2, 0.25) is 0 Å². The Morgan fingerprint density at radius 3 is 2.87 bits per heavy atom. The van der Waals surface area contributed by atoms with Gasteiger partial charge in [-0.25, -0.2) is 18.3 Å². The first-order chi connectivity index (χ1) is 15.1. The Hall–Kier alpha value is -3.88. The first-order valence-corrected chi connectivity index (χ1v) is 9.88. The lowest BCUT2D eigenvalue weighted by atomic mass is 10.0. The lowest BCUT2D eigenvalue weighted by molar-refractivity contribution is 0.102. The molecule has 1 atom stereocenters. The Balaban J connectivity index is 1.47. The van der Waals surface area contributed by atoms with E-state index in [2.05, 4.69) is 20.4 Å².